The average molecular weight is 394 g/mol. The predicted molar refractivity (Wildman–Crippen MR) is 106 cm³/mol. The number of carbonyl (C=O) groups is 2. The number of carbonyl (C=O) groups excluding carboxylic acids is 2. The molecule has 2 N–H and O–H groups in total. The second-order valence-corrected chi connectivity index (χ2v) is 8.66. The zero-order chi connectivity index (χ0) is 20.0. The summed E-state index contributed by atoms with van der Waals surface area (Å²) < 4.78 is 6.39. The molecule has 4 heterocycles. The molecular weight excluding hydrogens is 368 g/mol. The largest absolute Gasteiger partial charge is 0.369 e. The van der Waals surface area contributed by atoms with Gasteiger partial charge in [0, 0.05) is 31.1 Å². The van der Waals surface area contributed by atoms with Crippen molar-refractivity contribution in [2.24, 2.45) is 11.8 Å². The molecule has 2 bridgehead atoms. The third kappa shape index (κ3) is 3.23. The van der Waals surface area contributed by atoms with Crippen molar-refractivity contribution in [1.29, 1.82) is 0 Å². The first kappa shape index (κ1) is 18.4. The second kappa shape index (κ2) is 6.99. The van der Waals surface area contributed by atoms with Crippen LogP contribution in [0, 0.1) is 18.8 Å². The molecule has 3 aliphatic heterocycles. The molecule has 2 amide bonds. The quantitative estimate of drug-likeness (QED) is 0.808. The van der Waals surface area contributed by atoms with Gasteiger partial charge in [-0.05, 0) is 31.4 Å². The monoisotopic (exact) mass is 394 g/mol. The molecular formula is C22H26N4O3. The molecule has 0 radical (unpaired) electrons. The Labute approximate surface area is 169 Å². The third-order valence-corrected chi connectivity index (χ3v) is 6.78. The summed E-state index contributed by atoms with van der Waals surface area (Å²) in [6.07, 6.45) is 4.16. The van der Waals surface area contributed by atoms with Gasteiger partial charge in [-0.1, -0.05) is 29.8 Å². The Morgan fingerprint density at radius 1 is 1.38 bits per heavy atom. The minimum atomic E-state index is -0.244. The van der Waals surface area contributed by atoms with Crippen LogP contribution in [0.4, 0.5) is 0 Å². The summed E-state index contributed by atoms with van der Waals surface area (Å²) in [6, 6.07) is 9.75. The summed E-state index contributed by atoms with van der Waals surface area (Å²) in [4.78, 5) is 27.1. The fourth-order valence-electron chi connectivity index (χ4n) is 5.47. The van der Waals surface area contributed by atoms with Gasteiger partial charge in [0.15, 0.2) is 0 Å². The van der Waals surface area contributed by atoms with Gasteiger partial charge in [0.05, 0.1) is 24.7 Å². The minimum Gasteiger partial charge on any atom is -0.369 e. The van der Waals surface area contributed by atoms with Crippen molar-refractivity contribution in [3.05, 3.63) is 53.3 Å². The number of rotatable bonds is 5. The maximum Gasteiger partial charge on any atom is 0.271 e. The number of amides is 2. The first-order valence-corrected chi connectivity index (χ1v) is 10.3. The molecule has 1 aromatic heterocycles. The fourth-order valence-corrected chi connectivity index (χ4v) is 5.47. The molecule has 3 fully saturated rings. The van der Waals surface area contributed by atoms with Crippen molar-refractivity contribution < 1.29 is 14.3 Å². The molecule has 152 valence electrons. The van der Waals surface area contributed by atoms with Gasteiger partial charge in [0.25, 0.3) is 5.91 Å². The number of ether oxygens (including phenoxy) is 1. The molecule has 5 rings (SSSR count). The van der Waals surface area contributed by atoms with Crippen LogP contribution in [-0.2, 0) is 16.0 Å². The molecule has 0 unspecified atom stereocenters. The molecule has 1 spiro atoms. The van der Waals surface area contributed by atoms with Crippen molar-refractivity contribution in [1.82, 2.24) is 20.4 Å². The van der Waals surface area contributed by atoms with E-state index >= 15 is 0 Å². The highest BCUT2D eigenvalue weighted by Crippen LogP contribution is 2.54. The SMILES string of the molecule is Cc1cccc(CC(=O)NC[C@H]2[C@H]3CN(C(=O)c4ccn[nH]4)C[C@]34CC[C@H]2O4)c1. The number of H-pyrrole nitrogens is 1. The van der Waals surface area contributed by atoms with Crippen LogP contribution in [0.5, 0.6) is 0 Å². The summed E-state index contributed by atoms with van der Waals surface area (Å²) in [7, 11) is 0. The lowest BCUT2D eigenvalue weighted by Gasteiger charge is -2.29. The van der Waals surface area contributed by atoms with Crippen molar-refractivity contribution in [2.45, 2.75) is 37.9 Å². The number of aryl methyl sites for hydroxylation is 1. The van der Waals surface area contributed by atoms with Crippen LogP contribution in [0.3, 0.4) is 0 Å². The highest BCUT2D eigenvalue weighted by atomic mass is 16.5. The summed E-state index contributed by atoms with van der Waals surface area (Å²) in [5, 5.41) is 9.76. The van der Waals surface area contributed by atoms with Gasteiger partial charge in [0.2, 0.25) is 5.91 Å². The fraction of sp³-hybridized carbons (Fsp3) is 0.500. The van der Waals surface area contributed by atoms with Crippen molar-refractivity contribution in [3.63, 3.8) is 0 Å². The van der Waals surface area contributed by atoms with Crippen LogP contribution in [-0.4, -0.2) is 58.3 Å². The highest BCUT2D eigenvalue weighted by Gasteiger charge is 2.63. The molecule has 2 aromatic rings. The molecule has 3 aliphatic rings. The van der Waals surface area contributed by atoms with Gasteiger partial charge < -0.3 is 15.0 Å². The first-order chi connectivity index (χ1) is 14.0. The van der Waals surface area contributed by atoms with E-state index in [0.717, 1.165) is 24.0 Å². The molecule has 3 saturated heterocycles. The Balaban J connectivity index is 1.23. The molecule has 7 heteroatoms. The number of aromatic amines is 1. The second-order valence-electron chi connectivity index (χ2n) is 8.66. The standard InChI is InChI=1S/C22H26N4O3/c1-14-3-2-4-15(9-14)10-20(27)23-11-16-17-12-26(21(28)18-6-8-24-25-18)13-22(17)7-5-19(16)29-22/h2-4,6,8-9,16-17,19H,5,7,10-13H2,1H3,(H,23,27)(H,24,25)/t16-,17+,19+,22+/m0/s1. The van der Waals surface area contributed by atoms with Gasteiger partial charge in [0.1, 0.15) is 5.69 Å². The minimum absolute atomic E-state index is 0.0273. The van der Waals surface area contributed by atoms with Gasteiger partial charge >= 0.3 is 0 Å². The Bertz CT molecular complexity index is 928. The van der Waals surface area contributed by atoms with Crippen molar-refractivity contribution >= 4 is 11.8 Å². The van der Waals surface area contributed by atoms with Gasteiger partial charge in [-0.3, -0.25) is 14.7 Å². The molecule has 7 nitrogen and oxygen atoms in total. The van der Waals surface area contributed by atoms with Gasteiger partial charge in [-0.25, -0.2) is 0 Å². The molecule has 0 saturated carbocycles. The number of likely N-dealkylation sites (tertiary alicyclic amines) is 1. The van der Waals surface area contributed by atoms with Crippen LogP contribution in [0.1, 0.15) is 34.5 Å². The Hall–Kier alpha value is -2.67. The lowest BCUT2D eigenvalue weighted by molar-refractivity contribution is -0.120. The summed E-state index contributed by atoms with van der Waals surface area (Å²) in [5.41, 5.74) is 2.46. The van der Waals surface area contributed by atoms with Crippen molar-refractivity contribution in [3.8, 4) is 0 Å². The normalized spacial score (nSPS) is 29.8. The summed E-state index contributed by atoms with van der Waals surface area (Å²) in [6.45, 7) is 3.93. The van der Waals surface area contributed by atoms with E-state index in [2.05, 4.69) is 15.5 Å². The van der Waals surface area contributed by atoms with E-state index in [4.69, 9.17) is 4.74 Å². The topological polar surface area (TPSA) is 87.3 Å². The first-order valence-electron chi connectivity index (χ1n) is 10.3. The van der Waals surface area contributed by atoms with E-state index in [1.807, 2.05) is 36.1 Å². The Morgan fingerprint density at radius 2 is 2.28 bits per heavy atom. The van der Waals surface area contributed by atoms with Gasteiger partial charge in [-0.2, -0.15) is 5.10 Å². The van der Waals surface area contributed by atoms with Crippen LogP contribution in [0.25, 0.3) is 0 Å². The maximum atomic E-state index is 12.7. The zero-order valence-corrected chi connectivity index (χ0v) is 16.6. The number of nitrogens with one attached hydrogen (secondary N) is 2. The lowest BCUT2D eigenvalue weighted by Crippen LogP contribution is -2.42. The van der Waals surface area contributed by atoms with Crippen LogP contribution >= 0.6 is 0 Å². The Morgan fingerprint density at radius 3 is 3.07 bits per heavy atom. The number of hydrogen-bond donors (Lipinski definition) is 2. The third-order valence-electron chi connectivity index (χ3n) is 6.78. The summed E-state index contributed by atoms with van der Waals surface area (Å²) in [5.74, 6) is 0.536. The van der Waals surface area contributed by atoms with E-state index in [0.29, 0.717) is 31.7 Å². The van der Waals surface area contributed by atoms with Crippen molar-refractivity contribution in [2.75, 3.05) is 19.6 Å². The maximum absolute atomic E-state index is 12.7. The number of nitrogens with zero attached hydrogens (tertiary/aromatic N) is 2. The number of benzene rings is 1. The predicted octanol–water partition coefficient (Wildman–Crippen LogP) is 1.70. The van der Waals surface area contributed by atoms with Crippen LogP contribution in [0.15, 0.2) is 36.5 Å². The number of fused-ring (bicyclic) bond motifs is 1. The molecule has 0 aliphatic carbocycles. The van der Waals surface area contributed by atoms with E-state index < -0.39 is 0 Å². The average Bonchev–Trinajstić information content (AvgIpc) is 3.46. The number of hydrogen-bond acceptors (Lipinski definition) is 4. The Kier molecular flexibility index (Phi) is 4.42. The lowest BCUT2D eigenvalue weighted by atomic mass is 9.73. The summed E-state index contributed by atoms with van der Waals surface area (Å²) >= 11 is 0. The molecule has 1 aromatic carbocycles. The van der Waals surface area contributed by atoms with Crippen LogP contribution < -0.4 is 5.32 Å². The highest BCUT2D eigenvalue weighted by molar-refractivity contribution is 5.92. The molecule has 4 atom stereocenters. The van der Waals surface area contributed by atoms with E-state index in [-0.39, 0.29) is 35.4 Å². The van der Waals surface area contributed by atoms with E-state index in [1.165, 1.54) is 0 Å². The molecule has 29 heavy (non-hydrogen) atoms. The smallest absolute Gasteiger partial charge is 0.271 e. The zero-order valence-electron chi connectivity index (χ0n) is 16.6. The van der Waals surface area contributed by atoms with Gasteiger partial charge in [-0.15, -0.1) is 0 Å². The number of aromatic nitrogens is 2. The van der Waals surface area contributed by atoms with E-state index in [9.17, 15) is 9.59 Å². The van der Waals surface area contributed by atoms with E-state index in [1.54, 1.807) is 12.3 Å². The van der Waals surface area contributed by atoms with Crippen LogP contribution in [0.2, 0.25) is 0 Å².